The van der Waals surface area contributed by atoms with E-state index in [0.717, 1.165) is 31.9 Å². The van der Waals surface area contributed by atoms with Gasteiger partial charge < -0.3 is 0 Å². The number of unbranched alkanes of at least 4 members (excludes halogenated alkanes) is 3. The minimum atomic E-state index is -3.26. The van der Waals surface area contributed by atoms with Gasteiger partial charge in [0.15, 0.2) is 0 Å². The Kier molecular flexibility index (Phi) is 3.95. The maximum absolute atomic E-state index is 11.0. The van der Waals surface area contributed by atoms with Crippen molar-refractivity contribution in [3.63, 3.8) is 0 Å². The Morgan fingerprint density at radius 1 is 1.21 bits per heavy atom. The van der Waals surface area contributed by atoms with Crippen LogP contribution >= 0.6 is 0 Å². The van der Waals surface area contributed by atoms with Crippen LogP contribution in [0.2, 0.25) is 0 Å². The van der Waals surface area contributed by atoms with Gasteiger partial charge in [0.2, 0.25) is 0 Å². The zero-order chi connectivity index (χ0) is 10.7. The molecule has 0 saturated heterocycles. The van der Waals surface area contributed by atoms with Crippen LogP contribution in [0.5, 0.6) is 0 Å². The molecule has 0 aliphatic heterocycles. The topological polar surface area (TPSA) is 43.4 Å². The molecule has 1 aliphatic carbocycles. The first-order chi connectivity index (χ1) is 6.47. The van der Waals surface area contributed by atoms with Crippen LogP contribution in [0.1, 0.15) is 51.9 Å². The van der Waals surface area contributed by atoms with Gasteiger partial charge in [0.25, 0.3) is 10.1 Å². The van der Waals surface area contributed by atoms with Crippen molar-refractivity contribution in [3.8, 4) is 0 Å². The molecule has 0 unspecified atom stereocenters. The van der Waals surface area contributed by atoms with Crippen LogP contribution < -0.4 is 0 Å². The van der Waals surface area contributed by atoms with Crippen LogP contribution in [0, 0.1) is 0 Å². The summed E-state index contributed by atoms with van der Waals surface area (Å²) in [6.07, 6.45) is 8.57. The second kappa shape index (κ2) is 4.62. The van der Waals surface area contributed by atoms with Crippen LogP contribution in [0.15, 0.2) is 0 Å². The zero-order valence-electron chi connectivity index (χ0n) is 9.08. The van der Waals surface area contributed by atoms with Crippen LogP contribution in [-0.4, -0.2) is 20.3 Å². The minimum absolute atomic E-state index is 0.304. The highest BCUT2D eigenvalue weighted by molar-refractivity contribution is 7.86. The van der Waals surface area contributed by atoms with E-state index in [1.165, 1.54) is 19.3 Å². The molecule has 0 bridgehead atoms. The van der Waals surface area contributed by atoms with Gasteiger partial charge in [-0.1, -0.05) is 32.6 Å². The normalized spacial score (nSPS) is 19.6. The number of hydrogen-bond donors (Lipinski definition) is 0. The van der Waals surface area contributed by atoms with E-state index in [1.54, 1.807) is 0 Å². The molecule has 3 nitrogen and oxygen atoms in total. The van der Waals surface area contributed by atoms with Crippen molar-refractivity contribution in [3.05, 3.63) is 0 Å². The van der Waals surface area contributed by atoms with Gasteiger partial charge in [-0.3, -0.25) is 4.18 Å². The van der Waals surface area contributed by atoms with E-state index in [-0.39, 0.29) is 5.60 Å². The summed E-state index contributed by atoms with van der Waals surface area (Å²) in [4.78, 5) is 0. The molecule has 4 heteroatoms. The third-order valence-corrected chi connectivity index (χ3v) is 3.28. The zero-order valence-corrected chi connectivity index (χ0v) is 9.90. The summed E-state index contributed by atoms with van der Waals surface area (Å²) >= 11 is 0. The number of rotatable bonds is 7. The largest absolute Gasteiger partial charge is 0.264 e. The molecule has 1 aliphatic rings. The first-order valence-electron chi connectivity index (χ1n) is 5.38. The fourth-order valence-corrected chi connectivity index (χ4v) is 2.60. The minimum Gasteiger partial charge on any atom is -0.264 e. The highest BCUT2D eigenvalue weighted by Gasteiger charge is 2.46. The Morgan fingerprint density at radius 3 is 2.29 bits per heavy atom. The summed E-state index contributed by atoms with van der Waals surface area (Å²) in [5.41, 5.74) is -0.304. The molecule has 0 atom stereocenters. The molecule has 1 rings (SSSR count). The van der Waals surface area contributed by atoms with Crippen molar-refractivity contribution in [1.82, 2.24) is 0 Å². The lowest BCUT2D eigenvalue weighted by Gasteiger charge is -2.13. The molecule has 0 N–H and O–H groups in total. The van der Waals surface area contributed by atoms with E-state index in [9.17, 15) is 8.42 Å². The molecule has 0 amide bonds. The lowest BCUT2D eigenvalue weighted by atomic mass is 10.1. The van der Waals surface area contributed by atoms with Gasteiger partial charge in [0.05, 0.1) is 11.9 Å². The Hall–Kier alpha value is -0.0900. The van der Waals surface area contributed by atoms with Crippen LogP contribution in [0.4, 0.5) is 0 Å². The molecule has 0 radical (unpaired) electrons. The third kappa shape index (κ3) is 4.42. The van der Waals surface area contributed by atoms with Gasteiger partial charge in [-0.15, -0.1) is 0 Å². The molecule has 14 heavy (non-hydrogen) atoms. The van der Waals surface area contributed by atoms with Crippen LogP contribution in [0.25, 0.3) is 0 Å². The second-order valence-corrected chi connectivity index (χ2v) is 5.86. The van der Waals surface area contributed by atoms with E-state index in [0.29, 0.717) is 0 Å². The highest BCUT2D eigenvalue weighted by atomic mass is 32.2. The molecule has 0 aromatic heterocycles. The van der Waals surface area contributed by atoms with Gasteiger partial charge in [0, 0.05) is 0 Å². The molecule has 0 heterocycles. The maximum atomic E-state index is 11.0. The summed E-state index contributed by atoms with van der Waals surface area (Å²) in [7, 11) is -3.26. The predicted octanol–water partition coefficient (Wildman–Crippen LogP) is 2.47. The molecule has 0 spiro atoms. The fourth-order valence-electron chi connectivity index (χ4n) is 1.71. The monoisotopic (exact) mass is 220 g/mol. The van der Waals surface area contributed by atoms with E-state index in [1.807, 2.05) is 0 Å². The van der Waals surface area contributed by atoms with E-state index >= 15 is 0 Å². The summed E-state index contributed by atoms with van der Waals surface area (Å²) in [6, 6.07) is 0. The molecular weight excluding hydrogens is 200 g/mol. The van der Waals surface area contributed by atoms with E-state index in [2.05, 4.69) is 6.92 Å². The molecular formula is C10H20O3S. The standard InChI is InChI=1S/C10H20O3S/c1-3-4-5-6-7-10(8-9-10)13-14(2,11)12/h3-9H2,1-2H3. The molecule has 1 fully saturated rings. The Labute approximate surface area is 87.0 Å². The van der Waals surface area contributed by atoms with E-state index in [4.69, 9.17) is 4.18 Å². The lowest BCUT2D eigenvalue weighted by Crippen LogP contribution is -2.18. The summed E-state index contributed by atoms with van der Waals surface area (Å²) in [6.45, 7) is 2.17. The fraction of sp³-hybridized carbons (Fsp3) is 1.00. The van der Waals surface area contributed by atoms with Gasteiger partial charge in [0.1, 0.15) is 0 Å². The van der Waals surface area contributed by atoms with Crippen LogP contribution in [-0.2, 0) is 14.3 Å². The second-order valence-electron chi connectivity index (χ2n) is 4.28. The molecule has 0 aromatic rings. The van der Waals surface area contributed by atoms with Crippen molar-refractivity contribution in [2.24, 2.45) is 0 Å². The Morgan fingerprint density at radius 2 is 1.86 bits per heavy atom. The maximum Gasteiger partial charge on any atom is 0.264 e. The Balaban J connectivity index is 2.23. The van der Waals surface area contributed by atoms with Gasteiger partial charge in [-0.05, 0) is 19.3 Å². The van der Waals surface area contributed by atoms with Crippen molar-refractivity contribution < 1.29 is 12.6 Å². The van der Waals surface area contributed by atoms with Crippen molar-refractivity contribution >= 4 is 10.1 Å². The lowest BCUT2D eigenvalue weighted by molar-refractivity contribution is 0.174. The van der Waals surface area contributed by atoms with Gasteiger partial charge >= 0.3 is 0 Å². The molecule has 0 aromatic carbocycles. The Bertz CT molecular complexity index is 265. The van der Waals surface area contributed by atoms with Gasteiger partial charge in [-0.2, -0.15) is 8.42 Å². The van der Waals surface area contributed by atoms with E-state index < -0.39 is 10.1 Å². The number of hydrogen-bond acceptors (Lipinski definition) is 3. The smallest absolute Gasteiger partial charge is 0.264 e. The first kappa shape index (κ1) is 12.0. The van der Waals surface area contributed by atoms with Crippen molar-refractivity contribution in [2.75, 3.05) is 6.26 Å². The molecule has 84 valence electrons. The van der Waals surface area contributed by atoms with Crippen molar-refractivity contribution in [2.45, 2.75) is 57.5 Å². The predicted molar refractivity (Wildman–Crippen MR) is 56.7 cm³/mol. The van der Waals surface area contributed by atoms with Crippen molar-refractivity contribution in [1.29, 1.82) is 0 Å². The van der Waals surface area contributed by atoms with Crippen LogP contribution in [0.3, 0.4) is 0 Å². The SMILES string of the molecule is CCCCCCC1(OS(C)(=O)=O)CC1. The summed E-state index contributed by atoms with van der Waals surface area (Å²) < 4.78 is 27.0. The van der Waals surface area contributed by atoms with Gasteiger partial charge in [-0.25, -0.2) is 0 Å². The first-order valence-corrected chi connectivity index (χ1v) is 7.20. The highest BCUT2D eigenvalue weighted by Crippen LogP contribution is 2.45. The average molecular weight is 220 g/mol. The quantitative estimate of drug-likeness (QED) is 0.489. The summed E-state index contributed by atoms with van der Waals surface area (Å²) in [5.74, 6) is 0. The average Bonchev–Trinajstić information content (AvgIpc) is 2.76. The summed E-state index contributed by atoms with van der Waals surface area (Å²) in [5, 5.41) is 0. The molecule has 1 saturated carbocycles. The third-order valence-electron chi connectivity index (χ3n) is 2.62.